The van der Waals surface area contributed by atoms with Crippen LogP contribution in [0.15, 0.2) is 18.3 Å². The van der Waals surface area contributed by atoms with Crippen molar-refractivity contribution in [3.63, 3.8) is 0 Å². The largest absolute Gasteiger partial charge is 0.389 e. The van der Waals surface area contributed by atoms with Crippen LogP contribution < -0.4 is 0 Å². The van der Waals surface area contributed by atoms with Gasteiger partial charge in [-0.3, -0.25) is 0 Å². The van der Waals surface area contributed by atoms with Crippen molar-refractivity contribution in [2.75, 3.05) is 13.2 Å². The second kappa shape index (κ2) is 5.43. The van der Waals surface area contributed by atoms with Crippen molar-refractivity contribution >= 4 is 0 Å². The van der Waals surface area contributed by atoms with Gasteiger partial charge in [-0.05, 0) is 19.1 Å². The summed E-state index contributed by atoms with van der Waals surface area (Å²) in [7, 11) is 0. The molecule has 1 rings (SSSR count). The van der Waals surface area contributed by atoms with Crippen LogP contribution >= 0.6 is 0 Å². The van der Waals surface area contributed by atoms with Gasteiger partial charge in [0, 0.05) is 12.8 Å². The van der Waals surface area contributed by atoms with Gasteiger partial charge in [-0.25, -0.2) is 0 Å². The molecule has 0 aliphatic heterocycles. The number of nitriles is 1. The molecule has 0 spiro atoms. The number of aliphatic hydroxyl groups is 1. The average Bonchev–Trinajstić information content (AvgIpc) is 2.62. The SMILES string of the molecule is CCOCC(O)Cn1cccc1C#N. The van der Waals surface area contributed by atoms with Gasteiger partial charge in [-0.15, -0.1) is 0 Å². The molecule has 76 valence electrons. The first-order valence-corrected chi connectivity index (χ1v) is 4.59. The molecule has 0 saturated carbocycles. The van der Waals surface area contributed by atoms with Crippen molar-refractivity contribution in [3.05, 3.63) is 24.0 Å². The summed E-state index contributed by atoms with van der Waals surface area (Å²) in [4.78, 5) is 0. The Kier molecular flexibility index (Phi) is 4.17. The second-order valence-corrected chi connectivity index (χ2v) is 2.97. The van der Waals surface area contributed by atoms with Crippen molar-refractivity contribution < 1.29 is 9.84 Å². The fraction of sp³-hybridized carbons (Fsp3) is 0.500. The predicted octanol–water partition coefficient (Wildman–Crippen LogP) is 0.757. The van der Waals surface area contributed by atoms with Crippen LogP contribution in [-0.4, -0.2) is 29.0 Å². The molecular weight excluding hydrogens is 180 g/mol. The van der Waals surface area contributed by atoms with E-state index in [0.717, 1.165) is 0 Å². The normalized spacial score (nSPS) is 12.4. The van der Waals surface area contributed by atoms with Crippen LogP contribution in [0.2, 0.25) is 0 Å². The van der Waals surface area contributed by atoms with Gasteiger partial charge in [0.25, 0.3) is 0 Å². The number of ether oxygens (including phenoxy) is 1. The summed E-state index contributed by atoms with van der Waals surface area (Å²) in [6.45, 7) is 3.17. The van der Waals surface area contributed by atoms with Crippen molar-refractivity contribution in [3.8, 4) is 6.07 Å². The lowest BCUT2D eigenvalue weighted by Crippen LogP contribution is -2.22. The highest BCUT2D eigenvalue weighted by Crippen LogP contribution is 2.02. The van der Waals surface area contributed by atoms with E-state index in [4.69, 9.17) is 10.00 Å². The topological polar surface area (TPSA) is 58.2 Å². The van der Waals surface area contributed by atoms with Crippen LogP contribution in [0.1, 0.15) is 12.6 Å². The lowest BCUT2D eigenvalue weighted by Gasteiger charge is -2.11. The van der Waals surface area contributed by atoms with E-state index in [1.165, 1.54) is 0 Å². The standard InChI is InChI=1S/C10H14N2O2/c1-2-14-8-10(13)7-12-5-3-4-9(12)6-11/h3-5,10,13H,2,7-8H2,1H3. The summed E-state index contributed by atoms with van der Waals surface area (Å²) >= 11 is 0. The van der Waals surface area contributed by atoms with Gasteiger partial charge < -0.3 is 14.4 Å². The minimum atomic E-state index is -0.561. The maximum absolute atomic E-state index is 9.52. The Bertz CT molecular complexity index is 314. The van der Waals surface area contributed by atoms with Crippen molar-refractivity contribution in [1.29, 1.82) is 5.26 Å². The smallest absolute Gasteiger partial charge is 0.120 e. The zero-order chi connectivity index (χ0) is 10.4. The van der Waals surface area contributed by atoms with Gasteiger partial charge in [-0.2, -0.15) is 5.26 Å². The van der Waals surface area contributed by atoms with E-state index < -0.39 is 6.10 Å². The van der Waals surface area contributed by atoms with E-state index in [1.54, 1.807) is 22.9 Å². The molecule has 0 bridgehead atoms. The van der Waals surface area contributed by atoms with E-state index in [0.29, 0.717) is 25.5 Å². The van der Waals surface area contributed by atoms with Crippen LogP contribution in [0.5, 0.6) is 0 Å². The molecule has 1 aromatic rings. The lowest BCUT2D eigenvalue weighted by atomic mass is 10.3. The van der Waals surface area contributed by atoms with Gasteiger partial charge in [0.15, 0.2) is 0 Å². The molecule has 0 aliphatic rings. The molecule has 4 heteroatoms. The molecule has 0 aliphatic carbocycles. The van der Waals surface area contributed by atoms with Gasteiger partial charge in [-0.1, -0.05) is 0 Å². The summed E-state index contributed by atoms with van der Waals surface area (Å²) in [5, 5.41) is 18.2. The highest BCUT2D eigenvalue weighted by atomic mass is 16.5. The lowest BCUT2D eigenvalue weighted by molar-refractivity contribution is 0.0334. The fourth-order valence-electron chi connectivity index (χ4n) is 1.21. The van der Waals surface area contributed by atoms with Gasteiger partial charge >= 0.3 is 0 Å². The van der Waals surface area contributed by atoms with Gasteiger partial charge in [0.2, 0.25) is 0 Å². The minimum absolute atomic E-state index is 0.305. The second-order valence-electron chi connectivity index (χ2n) is 2.97. The van der Waals surface area contributed by atoms with Crippen LogP contribution in [0.25, 0.3) is 0 Å². The van der Waals surface area contributed by atoms with E-state index in [2.05, 4.69) is 0 Å². The van der Waals surface area contributed by atoms with Gasteiger partial charge in [0.05, 0.1) is 19.3 Å². The van der Waals surface area contributed by atoms with E-state index >= 15 is 0 Å². The maximum atomic E-state index is 9.52. The summed E-state index contributed by atoms with van der Waals surface area (Å²) < 4.78 is 6.78. The summed E-state index contributed by atoms with van der Waals surface area (Å²) in [6.07, 6.45) is 1.21. The third-order valence-electron chi connectivity index (χ3n) is 1.87. The van der Waals surface area contributed by atoms with E-state index in [-0.39, 0.29) is 0 Å². The highest BCUT2D eigenvalue weighted by Gasteiger charge is 2.07. The van der Waals surface area contributed by atoms with Crippen molar-refractivity contribution in [2.45, 2.75) is 19.6 Å². The minimum Gasteiger partial charge on any atom is -0.389 e. The molecule has 1 unspecified atom stereocenters. The molecule has 14 heavy (non-hydrogen) atoms. The monoisotopic (exact) mass is 194 g/mol. The van der Waals surface area contributed by atoms with Crippen molar-refractivity contribution in [2.24, 2.45) is 0 Å². The van der Waals surface area contributed by atoms with Crippen molar-refractivity contribution in [1.82, 2.24) is 4.57 Å². The molecular formula is C10H14N2O2. The molecule has 1 atom stereocenters. The number of hydrogen-bond donors (Lipinski definition) is 1. The average molecular weight is 194 g/mol. The molecule has 4 nitrogen and oxygen atoms in total. The van der Waals surface area contributed by atoms with E-state index in [9.17, 15) is 5.11 Å². The molecule has 1 N–H and O–H groups in total. The summed E-state index contributed by atoms with van der Waals surface area (Å²) in [6, 6.07) is 5.55. The predicted molar refractivity (Wildman–Crippen MR) is 51.6 cm³/mol. The van der Waals surface area contributed by atoms with Crippen LogP contribution in [0.4, 0.5) is 0 Å². The fourth-order valence-corrected chi connectivity index (χ4v) is 1.21. The first-order valence-electron chi connectivity index (χ1n) is 4.59. The number of rotatable bonds is 5. The maximum Gasteiger partial charge on any atom is 0.120 e. The Morgan fingerprint density at radius 3 is 3.14 bits per heavy atom. The van der Waals surface area contributed by atoms with Gasteiger partial charge in [0.1, 0.15) is 11.8 Å². The molecule has 0 aromatic carbocycles. The number of aromatic nitrogens is 1. The van der Waals surface area contributed by atoms with Crippen LogP contribution in [0, 0.1) is 11.3 Å². The van der Waals surface area contributed by atoms with Crippen LogP contribution in [-0.2, 0) is 11.3 Å². The Balaban J connectivity index is 2.48. The Morgan fingerprint density at radius 1 is 1.71 bits per heavy atom. The zero-order valence-corrected chi connectivity index (χ0v) is 8.18. The quantitative estimate of drug-likeness (QED) is 0.752. The number of aliphatic hydroxyl groups excluding tert-OH is 1. The van der Waals surface area contributed by atoms with Crippen LogP contribution in [0.3, 0.4) is 0 Å². The molecule has 0 fully saturated rings. The molecule has 0 amide bonds. The Morgan fingerprint density at radius 2 is 2.50 bits per heavy atom. The summed E-state index contributed by atoms with van der Waals surface area (Å²) in [5.41, 5.74) is 0.556. The Labute approximate surface area is 83.3 Å². The molecule has 0 saturated heterocycles. The summed E-state index contributed by atoms with van der Waals surface area (Å²) in [5.74, 6) is 0. The third-order valence-corrected chi connectivity index (χ3v) is 1.87. The first kappa shape index (κ1) is 10.8. The molecule has 1 aromatic heterocycles. The highest BCUT2D eigenvalue weighted by molar-refractivity contribution is 5.21. The number of hydrogen-bond acceptors (Lipinski definition) is 3. The third kappa shape index (κ3) is 2.87. The molecule has 1 heterocycles. The first-order chi connectivity index (χ1) is 6.77. The van der Waals surface area contributed by atoms with E-state index in [1.807, 2.05) is 13.0 Å². The Hall–Kier alpha value is -1.31. The molecule has 0 radical (unpaired) electrons. The number of nitrogens with zero attached hydrogens (tertiary/aromatic N) is 2. The zero-order valence-electron chi connectivity index (χ0n) is 8.18.